The van der Waals surface area contributed by atoms with Crippen LogP contribution in [-0.4, -0.2) is 60.4 Å². The average molecular weight is 535 g/mol. The van der Waals surface area contributed by atoms with Gasteiger partial charge in [-0.15, -0.1) is 10.1 Å². The van der Waals surface area contributed by atoms with E-state index in [1.807, 2.05) is 6.07 Å². The minimum absolute atomic E-state index is 0.220. The number of nitrogens with one attached hydrogen (secondary N) is 1. The van der Waals surface area contributed by atoms with Crippen molar-refractivity contribution in [3.05, 3.63) is 39.2 Å². The first-order valence-corrected chi connectivity index (χ1v) is 14.8. The zero-order valence-electron chi connectivity index (χ0n) is 23.1. The zero-order chi connectivity index (χ0) is 27.3. The summed E-state index contributed by atoms with van der Waals surface area (Å²) in [5.41, 5.74) is 0.358. The van der Waals surface area contributed by atoms with Crippen molar-refractivity contribution >= 4 is 11.7 Å². The van der Waals surface area contributed by atoms with Gasteiger partial charge in [0.05, 0.1) is 12.2 Å². The molecule has 0 spiro atoms. The summed E-state index contributed by atoms with van der Waals surface area (Å²) in [5, 5.41) is 25.4. The van der Waals surface area contributed by atoms with E-state index in [4.69, 9.17) is 0 Å². The quantitative estimate of drug-likeness (QED) is 0.111. The van der Waals surface area contributed by atoms with Gasteiger partial charge < -0.3 is 25.3 Å². The molecule has 0 saturated carbocycles. The number of piperazine rings is 1. The number of nitrogens with zero attached hydrogens (tertiary/aromatic N) is 4. The molecule has 1 aromatic rings. The number of anilines is 1. The maximum Gasteiger partial charge on any atom is 0.294 e. The molecule has 0 atom stereocenters. The van der Waals surface area contributed by atoms with Gasteiger partial charge in [-0.1, -0.05) is 89.9 Å². The number of hydrogen-bond acceptors (Lipinski definition) is 8. The number of carbonyl (C=O) groups excluding carboxylic acids is 1. The number of amides is 1. The van der Waals surface area contributed by atoms with Crippen LogP contribution in [0.2, 0.25) is 0 Å². The predicted molar refractivity (Wildman–Crippen MR) is 151 cm³/mol. The van der Waals surface area contributed by atoms with E-state index in [-0.39, 0.29) is 13.2 Å². The molecule has 10 nitrogen and oxygen atoms in total. The Bertz CT molecular complexity index is 759. The van der Waals surface area contributed by atoms with Crippen LogP contribution in [0, 0.1) is 15.3 Å². The van der Waals surface area contributed by atoms with Gasteiger partial charge in [0.25, 0.3) is 5.09 Å². The fourth-order valence-corrected chi connectivity index (χ4v) is 4.81. The number of aromatic nitrogens is 1. The maximum absolute atomic E-state index is 12.4. The second-order valence-corrected chi connectivity index (χ2v) is 10.3. The maximum atomic E-state index is 12.4. The Morgan fingerprint density at radius 2 is 1.37 bits per heavy atom. The summed E-state index contributed by atoms with van der Waals surface area (Å²) >= 11 is 0. The topological polar surface area (TPSA) is 124 Å². The molecule has 0 unspecified atom stereocenters. The van der Waals surface area contributed by atoms with Crippen molar-refractivity contribution in [1.82, 2.24) is 15.4 Å². The van der Waals surface area contributed by atoms with Crippen molar-refractivity contribution in [2.45, 2.75) is 103 Å². The van der Waals surface area contributed by atoms with Crippen LogP contribution in [0.15, 0.2) is 18.3 Å². The monoisotopic (exact) mass is 534 g/mol. The fraction of sp³-hybridized carbons (Fsp3) is 0.786. The first kappa shape index (κ1) is 31.8. The van der Waals surface area contributed by atoms with Crippen molar-refractivity contribution in [2.75, 3.05) is 44.2 Å². The zero-order valence-corrected chi connectivity index (χ0v) is 23.1. The summed E-state index contributed by atoms with van der Waals surface area (Å²) in [6.07, 6.45) is 19.9. The van der Waals surface area contributed by atoms with Gasteiger partial charge in [0.2, 0.25) is 5.91 Å². The molecule has 0 bridgehead atoms. The standard InChI is InChI=1S/C28H48N5O5/c34-28(26-17-18-27(30-25-26)31-22-19-29-20-23-31)32(35)21-15-13-11-9-7-5-3-1-2-4-6-8-10-12-14-16-24-38-33(36)37/h17-18,25,29H,1-16,19-24H2/q-1. The summed E-state index contributed by atoms with van der Waals surface area (Å²) in [6, 6.07) is 3.54. The molecule has 0 radical (unpaired) electrons. The fourth-order valence-electron chi connectivity index (χ4n) is 4.81. The van der Waals surface area contributed by atoms with Gasteiger partial charge in [-0.05, 0) is 25.0 Å². The normalized spacial score (nSPS) is 13.4. The predicted octanol–water partition coefficient (Wildman–Crippen LogP) is 5.88. The van der Waals surface area contributed by atoms with Crippen LogP contribution in [0.4, 0.5) is 5.82 Å². The molecular formula is C28H48N5O5-. The van der Waals surface area contributed by atoms with E-state index in [1.54, 1.807) is 6.07 Å². The van der Waals surface area contributed by atoms with E-state index in [9.17, 15) is 20.1 Å². The number of hydrogen-bond donors (Lipinski definition) is 1. The number of pyridine rings is 1. The van der Waals surface area contributed by atoms with Gasteiger partial charge in [0.1, 0.15) is 5.82 Å². The molecule has 38 heavy (non-hydrogen) atoms. The van der Waals surface area contributed by atoms with Gasteiger partial charge in [-0.2, -0.15) is 0 Å². The lowest BCUT2D eigenvalue weighted by Gasteiger charge is -2.29. The lowest BCUT2D eigenvalue weighted by molar-refractivity contribution is -0.757. The van der Waals surface area contributed by atoms with Gasteiger partial charge >= 0.3 is 0 Å². The highest BCUT2D eigenvalue weighted by molar-refractivity contribution is 5.94. The summed E-state index contributed by atoms with van der Waals surface area (Å²) in [6.45, 7) is 4.10. The summed E-state index contributed by atoms with van der Waals surface area (Å²) < 4.78 is 0. The van der Waals surface area contributed by atoms with Crippen LogP contribution in [0.5, 0.6) is 0 Å². The minimum Gasteiger partial charge on any atom is -0.756 e. The highest BCUT2D eigenvalue weighted by atomic mass is 16.9. The van der Waals surface area contributed by atoms with Crippen LogP contribution in [-0.2, 0) is 4.84 Å². The summed E-state index contributed by atoms with van der Waals surface area (Å²) in [5.74, 6) is 0.356. The summed E-state index contributed by atoms with van der Waals surface area (Å²) in [7, 11) is 0. The molecule has 216 valence electrons. The molecule has 2 heterocycles. The van der Waals surface area contributed by atoms with E-state index in [2.05, 4.69) is 20.0 Å². The van der Waals surface area contributed by atoms with Gasteiger partial charge in [-0.25, -0.2) is 4.98 Å². The van der Waals surface area contributed by atoms with Crippen molar-refractivity contribution in [2.24, 2.45) is 0 Å². The molecule has 1 aromatic heterocycles. The Kier molecular flexibility index (Phi) is 17.1. The molecule has 10 heteroatoms. The van der Waals surface area contributed by atoms with Crippen molar-refractivity contribution < 1.29 is 14.7 Å². The van der Waals surface area contributed by atoms with Crippen LogP contribution in [0.25, 0.3) is 0 Å². The first-order valence-electron chi connectivity index (χ1n) is 14.8. The third kappa shape index (κ3) is 14.5. The van der Waals surface area contributed by atoms with E-state index >= 15 is 0 Å². The van der Waals surface area contributed by atoms with E-state index in [0.717, 1.165) is 70.5 Å². The van der Waals surface area contributed by atoms with E-state index < -0.39 is 11.0 Å². The third-order valence-electron chi connectivity index (χ3n) is 7.11. The number of unbranched alkanes of at least 4 members (excludes halogenated alkanes) is 15. The van der Waals surface area contributed by atoms with Crippen LogP contribution < -0.4 is 10.2 Å². The molecule has 1 saturated heterocycles. The smallest absolute Gasteiger partial charge is 0.294 e. The van der Waals surface area contributed by atoms with E-state index in [1.165, 1.54) is 70.4 Å². The lowest BCUT2D eigenvalue weighted by Crippen LogP contribution is -2.43. The molecule has 1 N–H and O–H groups in total. The number of rotatable bonds is 22. The average Bonchev–Trinajstić information content (AvgIpc) is 2.94. The van der Waals surface area contributed by atoms with Crippen LogP contribution >= 0.6 is 0 Å². The molecule has 0 aliphatic carbocycles. The molecule has 1 amide bonds. The Hall–Kier alpha value is -2.46. The Labute approximate surface area is 228 Å². The third-order valence-corrected chi connectivity index (χ3v) is 7.11. The Balaban J connectivity index is 1.35. The van der Waals surface area contributed by atoms with Gasteiger partial charge in [0, 0.05) is 38.9 Å². The largest absolute Gasteiger partial charge is 0.756 e. The minimum atomic E-state index is -0.720. The molecule has 2 rings (SSSR count). The lowest BCUT2D eigenvalue weighted by atomic mass is 10.0. The molecule has 1 fully saturated rings. The van der Waals surface area contributed by atoms with Crippen molar-refractivity contribution in [3.63, 3.8) is 0 Å². The van der Waals surface area contributed by atoms with Crippen LogP contribution in [0.3, 0.4) is 0 Å². The SMILES string of the molecule is O=C(c1ccc(N2CCNCC2)nc1)N([O-])CCCCCCCCCCCCCCCCCCO[N+](=O)[O-]. The van der Waals surface area contributed by atoms with E-state index in [0.29, 0.717) is 10.6 Å². The molecule has 1 aliphatic rings. The summed E-state index contributed by atoms with van der Waals surface area (Å²) in [4.78, 5) is 33.3. The van der Waals surface area contributed by atoms with Gasteiger partial charge in [0.15, 0.2) is 0 Å². The van der Waals surface area contributed by atoms with Crippen molar-refractivity contribution in [3.8, 4) is 0 Å². The Morgan fingerprint density at radius 3 is 1.84 bits per heavy atom. The Morgan fingerprint density at radius 1 is 0.868 bits per heavy atom. The number of hydroxylamine groups is 2. The second kappa shape index (κ2) is 20.5. The first-order chi connectivity index (χ1) is 18.6. The van der Waals surface area contributed by atoms with Crippen molar-refractivity contribution in [1.29, 1.82) is 0 Å². The molecule has 1 aliphatic heterocycles. The molecule has 0 aromatic carbocycles. The second-order valence-electron chi connectivity index (χ2n) is 10.3. The number of carbonyl (C=O) groups is 1. The van der Waals surface area contributed by atoms with Gasteiger partial charge in [-0.3, -0.25) is 4.79 Å². The van der Waals surface area contributed by atoms with Crippen LogP contribution in [0.1, 0.15) is 113 Å². The molecular weight excluding hydrogens is 486 g/mol. The highest BCUT2D eigenvalue weighted by Gasteiger charge is 2.13. The highest BCUT2D eigenvalue weighted by Crippen LogP contribution is 2.15.